The molecule has 1 aromatic heterocycles. The van der Waals surface area contributed by atoms with Crippen molar-refractivity contribution >= 4 is 6.40 Å². The fourth-order valence-electron chi connectivity index (χ4n) is 0.875. The Balaban J connectivity index is 2.20. The molecular formula is C6H7N3O. The third-order valence-electron chi connectivity index (χ3n) is 1.36. The second kappa shape index (κ2) is 2.15. The zero-order valence-electron chi connectivity index (χ0n) is 5.24. The van der Waals surface area contributed by atoms with Gasteiger partial charge in [-0.2, -0.15) is 0 Å². The monoisotopic (exact) mass is 137 g/mol. The van der Waals surface area contributed by atoms with Gasteiger partial charge in [0.25, 0.3) is 0 Å². The van der Waals surface area contributed by atoms with Gasteiger partial charge in [-0.1, -0.05) is 0 Å². The quantitative estimate of drug-likeness (QED) is 0.594. The van der Waals surface area contributed by atoms with Crippen molar-refractivity contribution in [3.05, 3.63) is 24.0 Å². The van der Waals surface area contributed by atoms with E-state index in [-0.39, 0.29) is 6.17 Å². The summed E-state index contributed by atoms with van der Waals surface area (Å²) in [5.41, 5.74) is 3.71. The van der Waals surface area contributed by atoms with Crippen LogP contribution in [0.1, 0.15) is 11.9 Å². The van der Waals surface area contributed by atoms with E-state index < -0.39 is 0 Å². The van der Waals surface area contributed by atoms with Crippen LogP contribution in [0.4, 0.5) is 0 Å². The number of aromatic nitrogens is 1. The first kappa shape index (κ1) is 5.49. The van der Waals surface area contributed by atoms with Crippen molar-refractivity contribution in [3.63, 3.8) is 0 Å². The Morgan fingerprint density at radius 2 is 2.60 bits per heavy atom. The van der Waals surface area contributed by atoms with E-state index >= 15 is 0 Å². The Bertz CT molecular complexity index is 229. The summed E-state index contributed by atoms with van der Waals surface area (Å²) in [6.07, 6.45) is 3.19. The molecule has 4 heteroatoms. The Morgan fingerprint density at radius 1 is 1.60 bits per heavy atom. The van der Waals surface area contributed by atoms with Crippen molar-refractivity contribution in [2.45, 2.75) is 6.17 Å². The van der Waals surface area contributed by atoms with Gasteiger partial charge < -0.3 is 9.82 Å². The third kappa shape index (κ3) is 0.784. The van der Waals surface area contributed by atoms with E-state index in [1.165, 1.54) is 6.40 Å². The normalized spacial score (nSPS) is 23.0. The summed E-state index contributed by atoms with van der Waals surface area (Å²) in [4.78, 5) is 11.7. The van der Waals surface area contributed by atoms with E-state index in [1.807, 2.05) is 18.3 Å². The third-order valence-corrected chi connectivity index (χ3v) is 1.36. The number of aromatic amines is 1. The highest BCUT2D eigenvalue weighted by Crippen LogP contribution is 2.13. The highest BCUT2D eigenvalue weighted by molar-refractivity contribution is 5.48. The number of nitrogens with zero attached hydrogens (tertiary/aromatic N) is 1. The van der Waals surface area contributed by atoms with Crippen LogP contribution in [0.5, 0.6) is 0 Å². The van der Waals surface area contributed by atoms with Crippen molar-refractivity contribution < 1.29 is 4.84 Å². The van der Waals surface area contributed by atoms with Gasteiger partial charge in [-0.3, -0.25) is 0 Å². The minimum atomic E-state index is -0.0602. The lowest BCUT2D eigenvalue weighted by Crippen LogP contribution is -2.12. The number of nitrogens with one attached hydrogen (secondary N) is 2. The van der Waals surface area contributed by atoms with Gasteiger partial charge >= 0.3 is 0 Å². The van der Waals surface area contributed by atoms with Crippen LogP contribution >= 0.6 is 0 Å². The minimum Gasteiger partial charge on any atom is -0.394 e. The number of hydrogen-bond donors (Lipinski definition) is 2. The maximum Gasteiger partial charge on any atom is 0.198 e. The predicted octanol–water partition coefficient (Wildman–Crippen LogP) is 0.576. The van der Waals surface area contributed by atoms with E-state index in [2.05, 4.69) is 15.5 Å². The molecule has 1 unspecified atom stereocenters. The molecular weight excluding hydrogens is 130 g/mol. The zero-order chi connectivity index (χ0) is 6.81. The summed E-state index contributed by atoms with van der Waals surface area (Å²) in [6.45, 7) is 0. The van der Waals surface area contributed by atoms with Gasteiger partial charge in [-0.15, -0.1) is 5.48 Å². The summed E-state index contributed by atoms with van der Waals surface area (Å²) in [5.74, 6) is 0. The van der Waals surface area contributed by atoms with Crippen molar-refractivity contribution in [2.75, 3.05) is 0 Å². The highest BCUT2D eigenvalue weighted by Gasteiger charge is 2.12. The van der Waals surface area contributed by atoms with Crippen LogP contribution in [0.2, 0.25) is 0 Å². The molecule has 0 fully saturated rings. The smallest absolute Gasteiger partial charge is 0.198 e. The van der Waals surface area contributed by atoms with E-state index in [9.17, 15) is 0 Å². The van der Waals surface area contributed by atoms with Gasteiger partial charge in [0.2, 0.25) is 0 Å². The summed E-state index contributed by atoms with van der Waals surface area (Å²) in [5, 5.41) is 0. The molecule has 0 aliphatic carbocycles. The molecule has 10 heavy (non-hydrogen) atoms. The molecule has 2 N–H and O–H groups in total. The lowest BCUT2D eigenvalue weighted by atomic mass is 10.4. The van der Waals surface area contributed by atoms with E-state index in [4.69, 9.17) is 4.84 Å². The largest absolute Gasteiger partial charge is 0.394 e. The average Bonchev–Trinajstić information content (AvgIpc) is 2.59. The molecule has 0 radical (unpaired) electrons. The van der Waals surface area contributed by atoms with Crippen molar-refractivity contribution in [1.29, 1.82) is 0 Å². The van der Waals surface area contributed by atoms with Gasteiger partial charge in [0.1, 0.15) is 0 Å². The van der Waals surface area contributed by atoms with Crippen LogP contribution in [0.15, 0.2) is 23.3 Å². The van der Waals surface area contributed by atoms with Gasteiger partial charge in [0.15, 0.2) is 12.6 Å². The summed E-state index contributed by atoms with van der Waals surface area (Å²) < 4.78 is 0. The molecule has 0 amide bonds. The zero-order valence-corrected chi connectivity index (χ0v) is 5.24. The number of H-pyrrole nitrogens is 1. The van der Waals surface area contributed by atoms with Gasteiger partial charge in [-0.25, -0.2) is 4.99 Å². The number of hydroxylamine groups is 1. The van der Waals surface area contributed by atoms with E-state index in [1.54, 1.807) is 0 Å². The molecule has 1 aliphatic heterocycles. The maximum atomic E-state index is 4.72. The number of aliphatic imine (C=N–C) groups is 1. The molecule has 2 rings (SSSR count). The van der Waals surface area contributed by atoms with Crippen LogP contribution in [-0.4, -0.2) is 11.4 Å². The van der Waals surface area contributed by atoms with Crippen LogP contribution in [-0.2, 0) is 4.84 Å². The lowest BCUT2D eigenvalue weighted by Gasteiger charge is -2.01. The van der Waals surface area contributed by atoms with E-state index in [0.717, 1.165) is 5.69 Å². The first-order chi connectivity index (χ1) is 4.97. The molecule has 1 aromatic rings. The van der Waals surface area contributed by atoms with Gasteiger partial charge in [0, 0.05) is 6.20 Å². The maximum absolute atomic E-state index is 4.72. The Labute approximate surface area is 57.9 Å². The van der Waals surface area contributed by atoms with Crippen LogP contribution in [0.25, 0.3) is 0 Å². The van der Waals surface area contributed by atoms with Crippen molar-refractivity contribution in [2.24, 2.45) is 4.99 Å². The Kier molecular flexibility index (Phi) is 1.18. The van der Waals surface area contributed by atoms with Crippen LogP contribution in [0.3, 0.4) is 0 Å². The second-order valence-electron chi connectivity index (χ2n) is 2.02. The summed E-state index contributed by atoms with van der Waals surface area (Å²) >= 11 is 0. The Morgan fingerprint density at radius 3 is 3.20 bits per heavy atom. The Hall–Kier alpha value is -1.29. The van der Waals surface area contributed by atoms with Gasteiger partial charge in [-0.05, 0) is 12.1 Å². The second-order valence-corrected chi connectivity index (χ2v) is 2.02. The number of hydrogen-bond acceptors (Lipinski definition) is 3. The highest BCUT2D eigenvalue weighted by atomic mass is 16.7. The molecule has 2 heterocycles. The average molecular weight is 137 g/mol. The SMILES string of the molecule is C1=NC(c2ccc[nH]2)NO1. The minimum absolute atomic E-state index is 0.0602. The molecule has 0 saturated carbocycles. The van der Waals surface area contributed by atoms with Crippen molar-refractivity contribution in [3.8, 4) is 0 Å². The summed E-state index contributed by atoms with van der Waals surface area (Å²) in [7, 11) is 0. The molecule has 52 valence electrons. The fourth-order valence-corrected chi connectivity index (χ4v) is 0.875. The van der Waals surface area contributed by atoms with E-state index in [0.29, 0.717) is 0 Å². The van der Waals surface area contributed by atoms with Crippen LogP contribution in [0, 0.1) is 0 Å². The standard InChI is InChI=1S/C6H7N3O/c1-2-5(7-3-1)6-8-4-10-9-6/h1-4,6-7,9H. The fraction of sp³-hybridized carbons (Fsp3) is 0.167. The molecule has 0 aromatic carbocycles. The molecule has 0 saturated heterocycles. The lowest BCUT2D eigenvalue weighted by molar-refractivity contribution is 0.187. The first-order valence-corrected chi connectivity index (χ1v) is 3.03. The predicted molar refractivity (Wildman–Crippen MR) is 36.2 cm³/mol. The summed E-state index contributed by atoms with van der Waals surface area (Å²) in [6, 6.07) is 3.87. The number of rotatable bonds is 1. The molecule has 0 spiro atoms. The molecule has 1 atom stereocenters. The van der Waals surface area contributed by atoms with Crippen molar-refractivity contribution in [1.82, 2.24) is 10.5 Å². The van der Waals surface area contributed by atoms with Crippen LogP contribution < -0.4 is 5.48 Å². The molecule has 4 nitrogen and oxygen atoms in total. The first-order valence-electron chi connectivity index (χ1n) is 3.03. The molecule has 1 aliphatic rings. The molecule has 0 bridgehead atoms. The van der Waals surface area contributed by atoms with Gasteiger partial charge in [0.05, 0.1) is 5.69 Å². The topological polar surface area (TPSA) is 49.4 Å².